The molecular weight excluding hydrogens is 453 g/mol. The molecular formula is C20H30IN5O. The Labute approximate surface area is 179 Å². The van der Waals surface area contributed by atoms with E-state index in [1.807, 2.05) is 24.1 Å². The molecule has 1 aromatic carbocycles. The van der Waals surface area contributed by atoms with Gasteiger partial charge in [-0.15, -0.1) is 24.0 Å². The van der Waals surface area contributed by atoms with E-state index in [0.29, 0.717) is 13.2 Å². The van der Waals surface area contributed by atoms with Crippen molar-refractivity contribution in [2.45, 2.75) is 33.4 Å². The second-order valence-electron chi connectivity index (χ2n) is 6.85. The number of benzene rings is 1. The summed E-state index contributed by atoms with van der Waals surface area (Å²) in [6.45, 7) is 10.2. The maximum absolute atomic E-state index is 5.95. The summed E-state index contributed by atoms with van der Waals surface area (Å²) >= 11 is 0. The van der Waals surface area contributed by atoms with Gasteiger partial charge in [-0.25, -0.2) is 4.99 Å². The number of hydrogen-bond acceptors (Lipinski definition) is 3. The minimum atomic E-state index is 0. The van der Waals surface area contributed by atoms with Gasteiger partial charge in [0, 0.05) is 31.9 Å². The lowest BCUT2D eigenvalue weighted by atomic mass is 10.1. The first-order chi connectivity index (χ1) is 12.6. The standard InChI is InChI=1S/C20H29N5O.HI/c1-5-21-20(22-11-17-7-6-15(2)10-16(17)3)25-8-9-26-19(14-25)18-12-23-24(4)13-18;/h6-7,10,12-13,19H,5,8-9,11,14H2,1-4H3,(H,21,22);1H. The molecule has 3 rings (SSSR count). The fraction of sp³-hybridized carbons (Fsp3) is 0.500. The third-order valence-corrected chi connectivity index (χ3v) is 4.69. The topological polar surface area (TPSA) is 54.7 Å². The highest BCUT2D eigenvalue weighted by Crippen LogP contribution is 2.22. The Balaban J connectivity index is 0.00000261. The number of ether oxygens (including phenoxy) is 1. The Hall–Kier alpha value is -1.61. The summed E-state index contributed by atoms with van der Waals surface area (Å²) in [5.41, 5.74) is 4.96. The largest absolute Gasteiger partial charge is 0.370 e. The minimum absolute atomic E-state index is 0. The quantitative estimate of drug-likeness (QED) is 0.413. The van der Waals surface area contributed by atoms with Crippen LogP contribution in [0.2, 0.25) is 0 Å². The lowest BCUT2D eigenvalue weighted by Crippen LogP contribution is -2.48. The van der Waals surface area contributed by atoms with E-state index in [4.69, 9.17) is 9.73 Å². The Kier molecular flexibility index (Phi) is 8.09. The molecule has 1 aliphatic rings. The van der Waals surface area contributed by atoms with Crippen molar-refractivity contribution in [1.29, 1.82) is 0 Å². The third kappa shape index (κ3) is 5.68. The molecule has 2 aromatic rings. The summed E-state index contributed by atoms with van der Waals surface area (Å²) in [6.07, 6.45) is 3.93. The average Bonchev–Trinajstić information content (AvgIpc) is 3.06. The van der Waals surface area contributed by atoms with Crippen molar-refractivity contribution in [2.75, 3.05) is 26.2 Å². The van der Waals surface area contributed by atoms with Crippen LogP contribution in [0.5, 0.6) is 0 Å². The number of nitrogens with one attached hydrogen (secondary N) is 1. The maximum atomic E-state index is 5.95. The molecule has 148 valence electrons. The van der Waals surface area contributed by atoms with Crippen LogP contribution in [0.1, 0.15) is 35.3 Å². The van der Waals surface area contributed by atoms with E-state index < -0.39 is 0 Å². The number of aromatic nitrogens is 2. The van der Waals surface area contributed by atoms with E-state index in [1.54, 1.807) is 0 Å². The van der Waals surface area contributed by atoms with Crippen molar-refractivity contribution in [2.24, 2.45) is 12.0 Å². The van der Waals surface area contributed by atoms with Gasteiger partial charge in [0.2, 0.25) is 0 Å². The Bertz CT molecular complexity index is 773. The van der Waals surface area contributed by atoms with Crippen LogP contribution in [0.15, 0.2) is 35.6 Å². The van der Waals surface area contributed by atoms with Crippen molar-refractivity contribution in [1.82, 2.24) is 20.0 Å². The van der Waals surface area contributed by atoms with Gasteiger partial charge >= 0.3 is 0 Å². The molecule has 1 unspecified atom stereocenters. The molecule has 0 amide bonds. The molecule has 1 fully saturated rings. The van der Waals surface area contributed by atoms with Gasteiger partial charge in [0.15, 0.2) is 5.96 Å². The summed E-state index contributed by atoms with van der Waals surface area (Å²) in [4.78, 5) is 7.17. The summed E-state index contributed by atoms with van der Waals surface area (Å²) in [5, 5.41) is 7.69. The zero-order chi connectivity index (χ0) is 18.5. The van der Waals surface area contributed by atoms with Gasteiger partial charge in [-0.05, 0) is 31.9 Å². The van der Waals surface area contributed by atoms with E-state index in [0.717, 1.165) is 31.2 Å². The molecule has 0 aliphatic carbocycles. The SMILES string of the molecule is CCNC(=NCc1ccc(C)cc1C)N1CCOC(c2cnn(C)c2)C1.I. The predicted octanol–water partition coefficient (Wildman–Crippen LogP) is 3.19. The van der Waals surface area contributed by atoms with Gasteiger partial charge in [-0.3, -0.25) is 4.68 Å². The monoisotopic (exact) mass is 483 g/mol. The van der Waals surface area contributed by atoms with Gasteiger partial charge in [-0.2, -0.15) is 5.10 Å². The fourth-order valence-corrected chi connectivity index (χ4v) is 3.26. The molecule has 7 heteroatoms. The van der Waals surface area contributed by atoms with Crippen LogP contribution in [0.4, 0.5) is 0 Å². The molecule has 1 aromatic heterocycles. The number of hydrogen-bond donors (Lipinski definition) is 1. The van der Waals surface area contributed by atoms with Crippen molar-refractivity contribution >= 4 is 29.9 Å². The van der Waals surface area contributed by atoms with Crippen LogP contribution >= 0.6 is 24.0 Å². The third-order valence-electron chi connectivity index (χ3n) is 4.69. The molecule has 0 spiro atoms. The van der Waals surface area contributed by atoms with Gasteiger partial charge in [0.05, 0.1) is 25.9 Å². The van der Waals surface area contributed by atoms with Crippen molar-refractivity contribution in [3.8, 4) is 0 Å². The second-order valence-corrected chi connectivity index (χ2v) is 6.85. The summed E-state index contributed by atoms with van der Waals surface area (Å²) in [6, 6.07) is 6.54. The average molecular weight is 483 g/mol. The van der Waals surface area contributed by atoms with Crippen LogP contribution in [0, 0.1) is 13.8 Å². The Morgan fingerprint density at radius 2 is 2.19 bits per heavy atom. The van der Waals surface area contributed by atoms with Crippen LogP contribution in [-0.4, -0.2) is 46.9 Å². The normalized spacial score (nSPS) is 17.6. The fourth-order valence-electron chi connectivity index (χ4n) is 3.26. The number of morpholine rings is 1. The van der Waals surface area contributed by atoms with Crippen LogP contribution in [0.3, 0.4) is 0 Å². The highest BCUT2D eigenvalue weighted by molar-refractivity contribution is 14.0. The van der Waals surface area contributed by atoms with Crippen LogP contribution in [-0.2, 0) is 18.3 Å². The number of aryl methyl sites for hydroxylation is 3. The molecule has 1 saturated heterocycles. The number of halogens is 1. The molecule has 0 bridgehead atoms. The van der Waals surface area contributed by atoms with Crippen LogP contribution in [0.25, 0.3) is 0 Å². The van der Waals surface area contributed by atoms with E-state index in [2.05, 4.69) is 54.3 Å². The minimum Gasteiger partial charge on any atom is -0.370 e. The highest BCUT2D eigenvalue weighted by Gasteiger charge is 2.25. The van der Waals surface area contributed by atoms with E-state index in [1.165, 1.54) is 16.7 Å². The Morgan fingerprint density at radius 3 is 2.85 bits per heavy atom. The lowest BCUT2D eigenvalue weighted by molar-refractivity contribution is -0.00805. The number of guanidine groups is 1. The summed E-state index contributed by atoms with van der Waals surface area (Å²) < 4.78 is 7.77. The van der Waals surface area contributed by atoms with Crippen LogP contribution < -0.4 is 5.32 Å². The van der Waals surface area contributed by atoms with Gasteiger partial charge in [0.25, 0.3) is 0 Å². The molecule has 0 saturated carbocycles. The van der Waals surface area contributed by atoms with Gasteiger partial charge in [-0.1, -0.05) is 23.8 Å². The van der Waals surface area contributed by atoms with Crippen molar-refractivity contribution in [3.63, 3.8) is 0 Å². The maximum Gasteiger partial charge on any atom is 0.194 e. The number of nitrogens with zero attached hydrogens (tertiary/aromatic N) is 4. The summed E-state index contributed by atoms with van der Waals surface area (Å²) in [7, 11) is 1.93. The van der Waals surface area contributed by atoms with E-state index >= 15 is 0 Å². The van der Waals surface area contributed by atoms with E-state index in [-0.39, 0.29) is 30.1 Å². The lowest BCUT2D eigenvalue weighted by Gasteiger charge is -2.34. The first-order valence-corrected chi connectivity index (χ1v) is 9.26. The first-order valence-electron chi connectivity index (χ1n) is 9.26. The Morgan fingerprint density at radius 1 is 1.37 bits per heavy atom. The molecule has 1 atom stereocenters. The van der Waals surface area contributed by atoms with Crippen molar-refractivity contribution < 1.29 is 4.74 Å². The molecule has 0 radical (unpaired) electrons. The molecule has 1 aliphatic heterocycles. The highest BCUT2D eigenvalue weighted by atomic mass is 127. The first kappa shape index (κ1) is 21.7. The number of aliphatic imine (C=N–C) groups is 1. The van der Waals surface area contributed by atoms with Gasteiger partial charge in [0.1, 0.15) is 6.10 Å². The zero-order valence-electron chi connectivity index (χ0n) is 16.6. The zero-order valence-corrected chi connectivity index (χ0v) is 18.9. The predicted molar refractivity (Wildman–Crippen MR) is 120 cm³/mol. The molecule has 6 nitrogen and oxygen atoms in total. The molecule has 2 heterocycles. The van der Waals surface area contributed by atoms with Crippen molar-refractivity contribution in [3.05, 3.63) is 52.8 Å². The smallest absolute Gasteiger partial charge is 0.194 e. The summed E-state index contributed by atoms with van der Waals surface area (Å²) in [5.74, 6) is 0.949. The second kappa shape index (κ2) is 10.1. The number of rotatable bonds is 4. The molecule has 27 heavy (non-hydrogen) atoms. The van der Waals surface area contributed by atoms with Gasteiger partial charge < -0.3 is 15.0 Å². The van der Waals surface area contributed by atoms with E-state index in [9.17, 15) is 0 Å². The molecule has 1 N–H and O–H groups in total.